The Morgan fingerprint density at radius 3 is 2.95 bits per heavy atom. The summed E-state index contributed by atoms with van der Waals surface area (Å²) in [5.74, 6) is -0.520. The number of carbonyl (C=O) groups is 2. The van der Waals surface area contributed by atoms with Gasteiger partial charge in [-0.25, -0.2) is 4.79 Å². The maximum atomic E-state index is 11.5. The minimum atomic E-state index is -0.619. The summed E-state index contributed by atoms with van der Waals surface area (Å²) < 4.78 is 4.45. The van der Waals surface area contributed by atoms with E-state index in [9.17, 15) is 19.7 Å². The highest BCUT2D eigenvalue weighted by Gasteiger charge is 2.25. The van der Waals surface area contributed by atoms with Crippen LogP contribution in [0.15, 0.2) is 36.2 Å². The van der Waals surface area contributed by atoms with Crippen LogP contribution in [0.1, 0.15) is 0 Å². The molecule has 0 spiro atoms. The van der Waals surface area contributed by atoms with Gasteiger partial charge in [-0.15, -0.1) is 0 Å². The van der Waals surface area contributed by atoms with Crippen molar-refractivity contribution >= 4 is 12.0 Å². The topological polar surface area (TPSA) is 102 Å². The monoisotopic (exact) mass is 267 g/mol. The van der Waals surface area contributed by atoms with Gasteiger partial charge in [0, 0.05) is 11.8 Å². The van der Waals surface area contributed by atoms with Gasteiger partial charge in [-0.05, 0) is 12.7 Å². The zero-order valence-electron chi connectivity index (χ0n) is 10.3. The second-order valence-electron chi connectivity index (χ2n) is 3.66. The van der Waals surface area contributed by atoms with E-state index in [-0.39, 0.29) is 18.8 Å². The van der Waals surface area contributed by atoms with Gasteiger partial charge in [0.15, 0.2) is 0 Å². The van der Waals surface area contributed by atoms with Crippen molar-refractivity contribution in [3.63, 3.8) is 0 Å². The third-order valence-corrected chi connectivity index (χ3v) is 2.28. The molecule has 1 rings (SSSR count). The van der Waals surface area contributed by atoms with Crippen molar-refractivity contribution in [2.45, 2.75) is 0 Å². The summed E-state index contributed by atoms with van der Waals surface area (Å²) in [4.78, 5) is 33.4. The predicted octanol–water partition coefficient (Wildman–Crippen LogP) is 0.415. The molecule has 19 heavy (non-hydrogen) atoms. The van der Waals surface area contributed by atoms with Crippen LogP contribution in [-0.2, 0) is 9.53 Å². The Morgan fingerprint density at radius 1 is 1.68 bits per heavy atom. The lowest BCUT2D eigenvalue weighted by molar-refractivity contribution is -0.418. The van der Waals surface area contributed by atoms with Crippen LogP contribution in [0.25, 0.3) is 0 Å². The first-order valence-electron chi connectivity index (χ1n) is 5.27. The van der Waals surface area contributed by atoms with Crippen molar-refractivity contribution in [2.24, 2.45) is 0 Å². The zero-order chi connectivity index (χ0) is 14.4. The number of nitrogens with one attached hydrogen (secondary N) is 1. The number of esters is 1. The highest BCUT2D eigenvalue weighted by molar-refractivity contribution is 5.84. The van der Waals surface area contributed by atoms with Crippen LogP contribution in [-0.4, -0.2) is 42.0 Å². The smallest absolute Gasteiger partial charge is 0.325 e. The fraction of sp³-hybridized carbons (Fsp3) is 0.273. The Labute approximate surface area is 109 Å². The van der Waals surface area contributed by atoms with Gasteiger partial charge in [-0.3, -0.25) is 14.9 Å². The summed E-state index contributed by atoms with van der Waals surface area (Å²) >= 11 is 0. The number of urea groups is 1. The molecule has 0 aromatic carbocycles. The minimum Gasteiger partial charge on any atom is -0.468 e. The molecule has 0 aromatic rings. The van der Waals surface area contributed by atoms with Gasteiger partial charge in [0.2, 0.25) is 0 Å². The van der Waals surface area contributed by atoms with E-state index in [0.717, 1.165) is 0 Å². The quantitative estimate of drug-likeness (QED) is 0.336. The Morgan fingerprint density at radius 2 is 2.37 bits per heavy atom. The summed E-state index contributed by atoms with van der Waals surface area (Å²) in [6.45, 7) is 3.29. The number of hydrogen-bond donors (Lipinski definition) is 1. The summed E-state index contributed by atoms with van der Waals surface area (Å²) in [6, 6.07) is -0.418. The first-order chi connectivity index (χ1) is 8.93. The van der Waals surface area contributed by atoms with Crippen molar-refractivity contribution in [3.8, 4) is 0 Å². The van der Waals surface area contributed by atoms with Gasteiger partial charge in [0.1, 0.15) is 6.54 Å². The maximum Gasteiger partial charge on any atom is 0.325 e. The van der Waals surface area contributed by atoms with Gasteiger partial charge in [0.25, 0.3) is 5.70 Å². The van der Waals surface area contributed by atoms with E-state index in [4.69, 9.17) is 0 Å². The van der Waals surface area contributed by atoms with E-state index in [1.807, 2.05) is 0 Å². The molecule has 8 nitrogen and oxygen atoms in total. The normalized spacial score (nSPS) is 16.8. The first-order valence-corrected chi connectivity index (χ1v) is 5.27. The van der Waals surface area contributed by atoms with Crippen molar-refractivity contribution in [1.82, 2.24) is 10.2 Å². The van der Waals surface area contributed by atoms with Crippen molar-refractivity contribution < 1.29 is 19.2 Å². The van der Waals surface area contributed by atoms with E-state index in [1.54, 1.807) is 0 Å². The van der Waals surface area contributed by atoms with E-state index in [2.05, 4.69) is 16.6 Å². The Balaban J connectivity index is 2.59. The van der Waals surface area contributed by atoms with Gasteiger partial charge in [-0.1, -0.05) is 6.08 Å². The van der Waals surface area contributed by atoms with Gasteiger partial charge in [0.05, 0.1) is 18.6 Å². The Bertz CT molecular complexity index is 481. The number of nitrogens with zero attached hydrogens (tertiary/aromatic N) is 2. The van der Waals surface area contributed by atoms with E-state index < -0.39 is 16.9 Å². The molecule has 0 atom stereocenters. The highest BCUT2D eigenvalue weighted by atomic mass is 16.6. The van der Waals surface area contributed by atoms with E-state index in [1.165, 1.54) is 30.2 Å². The average molecular weight is 267 g/mol. The lowest BCUT2D eigenvalue weighted by Gasteiger charge is -2.10. The molecular weight excluding hydrogens is 254 g/mol. The number of nitro groups is 1. The highest BCUT2D eigenvalue weighted by Crippen LogP contribution is 2.07. The van der Waals surface area contributed by atoms with Gasteiger partial charge < -0.3 is 15.0 Å². The van der Waals surface area contributed by atoms with E-state index >= 15 is 0 Å². The SMILES string of the molecule is C=C(/C=C\C=C1/CN(CC(=O)OC)C(=O)N1)[N+](=O)[O-]. The third-order valence-electron chi connectivity index (χ3n) is 2.28. The number of hydrogen-bond acceptors (Lipinski definition) is 5. The molecule has 0 saturated carbocycles. The van der Waals surface area contributed by atoms with Crippen LogP contribution >= 0.6 is 0 Å². The lowest BCUT2D eigenvalue weighted by Crippen LogP contribution is -2.33. The molecule has 0 radical (unpaired) electrons. The molecule has 1 heterocycles. The molecule has 0 bridgehead atoms. The molecule has 102 valence electrons. The molecule has 0 aliphatic carbocycles. The second kappa shape index (κ2) is 6.34. The molecule has 0 unspecified atom stereocenters. The first kappa shape index (κ1) is 14.4. The second-order valence-corrected chi connectivity index (χ2v) is 3.66. The molecule has 1 fully saturated rings. The number of ether oxygens (including phenoxy) is 1. The lowest BCUT2D eigenvalue weighted by atomic mass is 10.3. The van der Waals surface area contributed by atoms with Crippen molar-refractivity contribution in [2.75, 3.05) is 20.2 Å². The number of carbonyl (C=O) groups excluding carboxylic acids is 2. The van der Waals surface area contributed by atoms with Crippen LogP contribution in [0.3, 0.4) is 0 Å². The van der Waals surface area contributed by atoms with Gasteiger partial charge >= 0.3 is 12.0 Å². The number of allylic oxidation sites excluding steroid dienone is 3. The minimum absolute atomic E-state index is 0.148. The number of amides is 2. The fourth-order valence-corrected chi connectivity index (χ4v) is 1.31. The molecular formula is C11H13N3O5. The average Bonchev–Trinajstić information content (AvgIpc) is 2.69. The molecule has 8 heteroatoms. The Kier molecular flexibility index (Phi) is 4.81. The number of methoxy groups -OCH3 is 1. The summed E-state index contributed by atoms with van der Waals surface area (Å²) in [5.41, 5.74) is 0.272. The molecule has 1 N–H and O–H groups in total. The standard InChI is InChI=1S/C11H13N3O5/c1-8(14(17)18)4-3-5-9-6-13(11(16)12-9)7-10(15)19-2/h3-5H,1,6-7H2,2H3,(H,12,16)/b4-3-,9-5+. The maximum absolute atomic E-state index is 11.5. The summed E-state index contributed by atoms with van der Waals surface area (Å²) in [5, 5.41) is 12.8. The molecule has 1 saturated heterocycles. The van der Waals surface area contributed by atoms with Crippen LogP contribution in [0, 0.1) is 10.1 Å². The van der Waals surface area contributed by atoms with Gasteiger partial charge in [-0.2, -0.15) is 0 Å². The van der Waals surface area contributed by atoms with E-state index in [0.29, 0.717) is 5.70 Å². The fourth-order valence-electron chi connectivity index (χ4n) is 1.31. The number of rotatable bonds is 5. The van der Waals surface area contributed by atoms with Crippen LogP contribution in [0.5, 0.6) is 0 Å². The zero-order valence-corrected chi connectivity index (χ0v) is 10.3. The predicted molar refractivity (Wildman–Crippen MR) is 65.5 cm³/mol. The van der Waals surface area contributed by atoms with Crippen LogP contribution in [0.2, 0.25) is 0 Å². The van der Waals surface area contributed by atoms with Crippen molar-refractivity contribution in [3.05, 3.63) is 46.3 Å². The molecule has 1 aliphatic heterocycles. The molecule has 0 aromatic heterocycles. The largest absolute Gasteiger partial charge is 0.468 e. The molecule has 1 aliphatic rings. The molecule has 2 amide bonds. The van der Waals surface area contributed by atoms with Crippen molar-refractivity contribution in [1.29, 1.82) is 0 Å². The Hall–Kier alpha value is -2.64. The third kappa shape index (κ3) is 4.26. The van der Waals surface area contributed by atoms with Crippen LogP contribution < -0.4 is 5.32 Å². The van der Waals surface area contributed by atoms with Crippen LogP contribution in [0.4, 0.5) is 4.79 Å². The summed E-state index contributed by atoms with van der Waals surface area (Å²) in [6.07, 6.45) is 4.12. The summed E-state index contributed by atoms with van der Waals surface area (Å²) in [7, 11) is 1.24.